The van der Waals surface area contributed by atoms with Gasteiger partial charge in [-0.1, -0.05) is 39.0 Å². The zero-order valence-corrected chi connectivity index (χ0v) is 18.3. The van der Waals surface area contributed by atoms with Crippen molar-refractivity contribution in [1.29, 1.82) is 0 Å². The number of piperidine rings is 1. The van der Waals surface area contributed by atoms with Crippen LogP contribution in [-0.4, -0.2) is 47.3 Å². The lowest BCUT2D eigenvalue weighted by Crippen LogP contribution is -2.39. The number of likely N-dealkylation sites (tertiary alicyclic amines) is 1. The summed E-state index contributed by atoms with van der Waals surface area (Å²) in [5.74, 6) is 0.838. The van der Waals surface area contributed by atoms with Crippen molar-refractivity contribution in [2.75, 3.05) is 26.7 Å². The first-order valence-electron chi connectivity index (χ1n) is 9.99. The average Bonchev–Trinajstić information content (AvgIpc) is 3.13. The Morgan fingerprint density at radius 3 is 2.39 bits per heavy atom. The summed E-state index contributed by atoms with van der Waals surface area (Å²) in [5, 5.41) is 8.01. The van der Waals surface area contributed by atoms with Crippen molar-refractivity contribution in [3.63, 3.8) is 0 Å². The molecule has 1 aromatic carbocycles. The molecule has 0 saturated carbocycles. The van der Waals surface area contributed by atoms with Gasteiger partial charge < -0.3 is 10.2 Å². The van der Waals surface area contributed by atoms with Gasteiger partial charge in [-0.25, -0.2) is 4.68 Å². The number of para-hydroxylation sites is 1. The molecule has 0 unspecified atom stereocenters. The van der Waals surface area contributed by atoms with Crippen LogP contribution in [0.4, 0.5) is 0 Å². The van der Waals surface area contributed by atoms with Crippen molar-refractivity contribution >= 4 is 18.3 Å². The molecule has 0 bridgehead atoms. The minimum atomic E-state index is -0.184. The maximum Gasteiger partial charge on any atom is 0.257 e. The van der Waals surface area contributed by atoms with Crippen LogP contribution < -0.4 is 5.32 Å². The Balaban J connectivity index is 0.00000280. The minimum absolute atomic E-state index is 0. The molecule has 5 nitrogen and oxygen atoms in total. The van der Waals surface area contributed by atoms with Gasteiger partial charge in [0, 0.05) is 24.7 Å². The monoisotopic (exact) mass is 404 g/mol. The third-order valence-corrected chi connectivity index (χ3v) is 5.38. The molecular formula is C22H33ClN4O. The largest absolute Gasteiger partial charge is 0.339 e. The van der Waals surface area contributed by atoms with E-state index >= 15 is 0 Å². The highest BCUT2D eigenvalue weighted by atomic mass is 35.5. The Kier molecular flexibility index (Phi) is 7.67. The molecule has 154 valence electrons. The molecule has 28 heavy (non-hydrogen) atoms. The van der Waals surface area contributed by atoms with Crippen LogP contribution in [0.2, 0.25) is 0 Å². The number of benzene rings is 1. The molecule has 1 amide bonds. The van der Waals surface area contributed by atoms with Crippen molar-refractivity contribution < 1.29 is 4.79 Å². The van der Waals surface area contributed by atoms with E-state index < -0.39 is 0 Å². The summed E-state index contributed by atoms with van der Waals surface area (Å²) < 4.78 is 1.84. The highest BCUT2D eigenvalue weighted by Gasteiger charge is 2.30. The highest BCUT2D eigenvalue weighted by Crippen LogP contribution is 2.28. The van der Waals surface area contributed by atoms with Gasteiger partial charge in [-0.3, -0.25) is 4.79 Å². The second-order valence-corrected chi connectivity index (χ2v) is 8.55. The van der Waals surface area contributed by atoms with E-state index in [1.807, 2.05) is 53.2 Å². The molecule has 2 heterocycles. The molecule has 2 aromatic rings. The van der Waals surface area contributed by atoms with Gasteiger partial charge in [0.25, 0.3) is 5.91 Å². The van der Waals surface area contributed by atoms with Gasteiger partial charge >= 0.3 is 0 Å². The third-order valence-electron chi connectivity index (χ3n) is 5.38. The molecule has 1 saturated heterocycles. The van der Waals surface area contributed by atoms with E-state index in [2.05, 4.69) is 26.1 Å². The van der Waals surface area contributed by atoms with Crippen LogP contribution in [0.1, 0.15) is 56.1 Å². The Hall–Kier alpha value is -1.85. The summed E-state index contributed by atoms with van der Waals surface area (Å²) >= 11 is 0. The van der Waals surface area contributed by atoms with Gasteiger partial charge in [-0.15, -0.1) is 12.4 Å². The van der Waals surface area contributed by atoms with E-state index in [1.54, 1.807) is 0 Å². The lowest BCUT2D eigenvalue weighted by atomic mass is 9.88. The third kappa shape index (κ3) is 5.15. The summed E-state index contributed by atoms with van der Waals surface area (Å²) in [7, 11) is 2.00. The van der Waals surface area contributed by atoms with Crippen molar-refractivity contribution in [3.8, 4) is 5.69 Å². The molecule has 0 radical (unpaired) electrons. The summed E-state index contributed by atoms with van der Waals surface area (Å²) in [6.07, 6.45) is 5.28. The van der Waals surface area contributed by atoms with E-state index in [1.165, 1.54) is 6.42 Å². The Labute approximate surface area is 174 Å². The van der Waals surface area contributed by atoms with Crippen molar-refractivity contribution in [2.45, 2.75) is 45.4 Å². The predicted molar refractivity (Wildman–Crippen MR) is 117 cm³/mol. The predicted octanol–water partition coefficient (Wildman–Crippen LogP) is 4.05. The van der Waals surface area contributed by atoms with E-state index in [-0.39, 0.29) is 23.7 Å². The Morgan fingerprint density at radius 2 is 1.82 bits per heavy atom. The molecule has 1 aromatic heterocycles. The average molecular weight is 405 g/mol. The summed E-state index contributed by atoms with van der Waals surface area (Å²) in [4.78, 5) is 15.3. The minimum Gasteiger partial charge on any atom is -0.339 e. The van der Waals surface area contributed by atoms with Crippen molar-refractivity contribution in [1.82, 2.24) is 20.0 Å². The smallest absolute Gasteiger partial charge is 0.257 e. The zero-order chi connectivity index (χ0) is 19.4. The van der Waals surface area contributed by atoms with E-state index in [0.717, 1.165) is 55.3 Å². The molecule has 1 aliphatic rings. The zero-order valence-electron chi connectivity index (χ0n) is 17.4. The molecule has 0 aliphatic carbocycles. The quantitative estimate of drug-likeness (QED) is 0.817. The standard InChI is InChI=1S/C22H32N4O.ClH/c1-22(2,3)20-19(16-26(24-20)18-8-6-5-7-9-18)21(27)25-14-11-17(12-15-25)10-13-23-4;/h5-9,16-17,23H,10-15H2,1-4H3;1H. The fourth-order valence-corrected chi connectivity index (χ4v) is 3.74. The lowest BCUT2D eigenvalue weighted by molar-refractivity contribution is 0.0684. The number of carbonyl (C=O) groups excluding carboxylic acids is 1. The topological polar surface area (TPSA) is 50.2 Å². The van der Waals surface area contributed by atoms with Gasteiger partial charge in [-0.2, -0.15) is 5.10 Å². The van der Waals surface area contributed by atoms with Gasteiger partial charge in [0.05, 0.1) is 16.9 Å². The van der Waals surface area contributed by atoms with Crippen LogP contribution in [0.15, 0.2) is 36.5 Å². The van der Waals surface area contributed by atoms with Crippen LogP contribution in [0.3, 0.4) is 0 Å². The maximum atomic E-state index is 13.3. The first-order valence-corrected chi connectivity index (χ1v) is 9.99. The van der Waals surface area contributed by atoms with Gasteiger partial charge in [0.2, 0.25) is 0 Å². The first kappa shape index (κ1) is 22.4. The number of nitrogens with zero attached hydrogens (tertiary/aromatic N) is 3. The Morgan fingerprint density at radius 1 is 1.18 bits per heavy atom. The fourth-order valence-electron chi connectivity index (χ4n) is 3.74. The van der Waals surface area contributed by atoms with Gasteiger partial charge in [-0.05, 0) is 50.9 Å². The van der Waals surface area contributed by atoms with Gasteiger partial charge in [0.1, 0.15) is 0 Å². The number of rotatable bonds is 5. The van der Waals surface area contributed by atoms with Crippen LogP contribution in [0.5, 0.6) is 0 Å². The SMILES string of the molecule is CNCCC1CCN(C(=O)c2cn(-c3ccccc3)nc2C(C)(C)C)CC1.Cl. The van der Waals surface area contributed by atoms with Crippen LogP contribution >= 0.6 is 12.4 Å². The Bertz CT molecular complexity index is 759. The lowest BCUT2D eigenvalue weighted by Gasteiger charge is -2.32. The van der Waals surface area contributed by atoms with E-state index in [9.17, 15) is 4.79 Å². The van der Waals surface area contributed by atoms with Crippen LogP contribution in [-0.2, 0) is 5.41 Å². The molecule has 3 rings (SSSR count). The van der Waals surface area contributed by atoms with E-state index in [4.69, 9.17) is 5.10 Å². The summed E-state index contributed by atoms with van der Waals surface area (Å²) in [5.41, 5.74) is 2.40. The maximum absolute atomic E-state index is 13.3. The van der Waals surface area contributed by atoms with Crippen LogP contribution in [0, 0.1) is 5.92 Å². The van der Waals surface area contributed by atoms with Crippen molar-refractivity contribution in [2.24, 2.45) is 5.92 Å². The number of amides is 1. The second-order valence-electron chi connectivity index (χ2n) is 8.55. The molecule has 0 spiro atoms. The highest BCUT2D eigenvalue weighted by molar-refractivity contribution is 5.95. The normalized spacial score (nSPS) is 15.4. The number of carbonyl (C=O) groups is 1. The number of halogens is 1. The van der Waals surface area contributed by atoms with Gasteiger partial charge in [0.15, 0.2) is 0 Å². The number of hydrogen-bond acceptors (Lipinski definition) is 3. The number of aromatic nitrogens is 2. The molecule has 0 atom stereocenters. The van der Waals surface area contributed by atoms with Crippen LogP contribution in [0.25, 0.3) is 5.69 Å². The van der Waals surface area contributed by atoms with Crippen molar-refractivity contribution in [3.05, 3.63) is 47.8 Å². The summed E-state index contributed by atoms with van der Waals surface area (Å²) in [6, 6.07) is 10.0. The second kappa shape index (κ2) is 9.57. The fraction of sp³-hybridized carbons (Fsp3) is 0.545. The molecule has 6 heteroatoms. The molecular weight excluding hydrogens is 372 g/mol. The number of nitrogens with one attached hydrogen (secondary N) is 1. The molecule has 1 aliphatic heterocycles. The summed E-state index contributed by atoms with van der Waals surface area (Å²) in [6.45, 7) is 9.08. The first-order chi connectivity index (χ1) is 12.9. The number of hydrogen-bond donors (Lipinski definition) is 1. The molecule has 1 fully saturated rings. The van der Waals surface area contributed by atoms with E-state index in [0.29, 0.717) is 0 Å². The molecule has 1 N–H and O–H groups in total.